The van der Waals surface area contributed by atoms with Gasteiger partial charge in [-0.3, -0.25) is 19.4 Å². The van der Waals surface area contributed by atoms with Crippen molar-refractivity contribution in [2.45, 2.75) is 19.3 Å². The molecule has 8 heteroatoms. The topological polar surface area (TPSA) is 77.1 Å². The first kappa shape index (κ1) is 21.0. The van der Waals surface area contributed by atoms with E-state index >= 15 is 0 Å². The van der Waals surface area contributed by atoms with Crippen LogP contribution in [-0.4, -0.2) is 76.8 Å². The molecular weight excluding hydrogens is 394 g/mol. The highest BCUT2D eigenvalue weighted by atomic mass is 16.2. The molecular formula is C23H27N5O3. The average molecular weight is 422 g/mol. The van der Waals surface area contributed by atoms with Crippen molar-refractivity contribution in [3.8, 4) is 0 Å². The van der Waals surface area contributed by atoms with E-state index in [1.165, 1.54) is 0 Å². The Morgan fingerprint density at radius 3 is 2.29 bits per heavy atom. The lowest BCUT2D eigenvalue weighted by Crippen LogP contribution is -2.58. The summed E-state index contributed by atoms with van der Waals surface area (Å²) < 4.78 is 0. The van der Waals surface area contributed by atoms with Gasteiger partial charge in [0, 0.05) is 57.1 Å². The Bertz CT molecular complexity index is 913. The molecule has 162 valence electrons. The van der Waals surface area contributed by atoms with Gasteiger partial charge in [-0.2, -0.15) is 0 Å². The predicted octanol–water partition coefficient (Wildman–Crippen LogP) is 1.80. The number of amides is 3. The number of likely N-dealkylation sites (tertiary alicyclic amines) is 1. The second-order valence-electron chi connectivity index (χ2n) is 7.80. The number of pyridine rings is 1. The molecule has 0 atom stereocenters. The fourth-order valence-corrected chi connectivity index (χ4v) is 4.03. The van der Waals surface area contributed by atoms with E-state index in [0.29, 0.717) is 44.7 Å². The molecule has 0 spiro atoms. The van der Waals surface area contributed by atoms with Crippen molar-refractivity contribution < 1.29 is 14.4 Å². The third-order valence-corrected chi connectivity index (χ3v) is 5.76. The molecule has 4 rings (SSSR count). The maximum Gasteiger partial charge on any atom is 0.272 e. The lowest BCUT2D eigenvalue weighted by Gasteiger charge is -2.41. The Kier molecular flexibility index (Phi) is 6.57. The maximum absolute atomic E-state index is 13.3. The van der Waals surface area contributed by atoms with E-state index in [4.69, 9.17) is 0 Å². The number of hydrogen-bond donors (Lipinski definition) is 0. The van der Waals surface area contributed by atoms with E-state index in [2.05, 4.69) is 4.98 Å². The van der Waals surface area contributed by atoms with E-state index in [1.807, 2.05) is 23.2 Å². The molecule has 0 N–H and O–H groups in total. The van der Waals surface area contributed by atoms with E-state index in [9.17, 15) is 14.4 Å². The summed E-state index contributed by atoms with van der Waals surface area (Å²) in [6.45, 7) is 2.87. The van der Waals surface area contributed by atoms with Crippen molar-refractivity contribution in [3.63, 3.8) is 0 Å². The number of nitrogens with zero attached hydrogens (tertiary/aromatic N) is 5. The van der Waals surface area contributed by atoms with Gasteiger partial charge in [0.25, 0.3) is 5.91 Å². The van der Waals surface area contributed by atoms with E-state index in [1.54, 1.807) is 51.5 Å². The summed E-state index contributed by atoms with van der Waals surface area (Å²) in [5.41, 5.74) is 1.34. The number of piperazine rings is 1. The van der Waals surface area contributed by atoms with Crippen LogP contribution >= 0.6 is 0 Å². The van der Waals surface area contributed by atoms with Crippen molar-refractivity contribution in [1.82, 2.24) is 19.8 Å². The van der Waals surface area contributed by atoms with Gasteiger partial charge in [0.05, 0.1) is 12.2 Å². The second kappa shape index (κ2) is 9.70. The predicted molar refractivity (Wildman–Crippen MR) is 116 cm³/mol. The summed E-state index contributed by atoms with van der Waals surface area (Å²) in [7, 11) is 0. The minimum absolute atomic E-state index is 0.0280. The number of rotatable bonds is 5. The van der Waals surface area contributed by atoms with Gasteiger partial charge in [-0.1, -0.05) is 18.2 Å². The first-order valence-electron chi connectivity index (χ1n) is 10.7. The van der Waals surface area contributed by atoms with Crippen molar-refractivity contribution in [3.05, 3.63) is 60.4 Å². The molecule has 1 aromatic carbocycles. The average Bonchev–Trinajstić information content (AvgIpc) is 2.82. The number of carbonyl (C=O) groups is 3. The molecule has 0 bridgehead atoms. The van der Waals surface area contributed by atoms with Crippen LogP contribution in [0.1, 0.15) is 29.6 Å². The molecule has 0 aliphatic carbocycles. The van der Waals surface area contributed by atoms with Crippen LogP contribution in [0.5, 0.6) is 0 Å². The molecule has 2 aromatic rings. The smallest absolute Gasteiger partial charge is 0.272 e. The van der Waals surface area contributed by atoms with Crippen molar-refractivity contribution >= 4 is 23.4 Å². The number of hydrogen-bond acceptors (Lipinski definition) is 5. The van der Waals surface area contributed by atoms with Gasteiger partial charge in [0.1, 0.15) is 0 Å². The van der Waals surface area contributed by atoms with Gasteiger partial charge < -0.3 is 9.80 Å². The standard InChI is InChI=1S/C23H27N5O3/c29-21-8-4-5-13-26(21)18-22(30)25-14-16-27(17-15-25)28(20-9-11-24-12-10-20)23(31)19-6-2-1-3-7-19/h1-3,6-7,9-12H,4-5,8,13-18H2. The monoisotopic (exact) mass is 421 g/mol. The fourth-order valence-electron chi connectivity index (χ4n) is 4.03. The Morgan fingerprint density at radius 2 is 1.61 bits per heavy atom. The quantitative estimate of drug-likeness (QED) is 0.736. The van der Waals surface area contributed by atoms with Crippen LogP contribution < -0.4 is 5.01 Å². The van der Waals surface area contributed by atoms with E-state index in [0.717, 1.165) is 18.5 Å². The Labute approximate surface area is 182 Å². The van der Waals surface area contributed by atoms with E-state index in [-0.39, 0.29) is 24.3 Å². The van der Waals surface area contributed by atoms with E-state index < -0.39 is 0 Å². The van der Waals surface area contributed by atoms with Gasteiger partial charge >= 0.3 is 0 Å². The van der Waals surface area contributed by atoms with Crippen LogP contribution in [-0.2, 0) is 9.59 Å². The first-order chi connectivity index (χ1) is 15.1. The van der Waals surface area contributed by atoms with Crippen molar-refractivity contribution in [2.75, 3.05) is 44.3 Å². The third kappa shape index (κ3) is 4.91. The molecule has 0 saturated carbocycles. The van der Waals surface area contributed by atoms with Crippen LogP contribution in [0.2, 0.25) is 0 Å². The Morgan fingerprint density at radius 1 is 0.903 bits per heavy atom. The summed E-state index contributed by atoms with van der Waals surface area (Å²) in [6.07, 6.45) is 5.72. The van der Waals surface area contributed by atoms with Crippen LogP contribution in [0, 0.1) is 0 Å². The third-order valence-electron chi connectivity index (χ3n) is 5.76. The summed E-state index contributed by atoms with van der Waals surface area (Å²) in [5.74, 6) is -0.0826. The normalized spacial score (nSPS) is 17.5. The maximum atomic E-state index is 13.3. The van der Waals surface area contributed by atoms with Crippen LogP contribution in [0.4, 0.5) is 5.69 Å². The largest absolute Gasteiger partial charge is 0.338 e. The highest BCUT2D eigenvalue weighted by Gasteiger charge is 2.30. The highest BCUT2D eigenvalue weighted by Crippen LogP contribution is 2.21. The molecule has 2 aliphatic rings. The summed E-state index contributed by atoms with van der Waals surface area (Å²) in [6, 6.07) is 12.8. The zero-order valence-corrected chi connectivity index (χ0v) is 17.5. The summed E-state index contributed by atoms with van der Waals surface area (Å²) >= 11 is 0. The van der Waals surface area contributed by atoms with Crippen LogP contribution in [0.25, 0.3) is 0 Å². The summed E-state index contributed by atoms with van der Waals surface area (Å²) in [5, 5.41) is 3.65. The lowest BCUT2D eigenvalue weighted by atomic mass is 10.1. The molecule has 2 saturated heterocycles. The number of aromatic nitrogens is 1. The lowest BCUT2D eigenvalue weighted by molar-refractivity contribution is -0.142. The van der Waals surface area contributed by atoms with Gasteiger partial charge in [0.2, 0.25) is 11.8 Å². The van der Waals surface area contributed by atoms with Crippen LogP contribution in [0.3, 0.4) is 0 Å². The Hall–Kier alpha value is -3.26. The number of benzene rings is 1. The highest BCUT2D eigenvalue weighted by molar-refractivity contribution is 6.05. The minimum Gasteiger partial charge on any atom is -0.338 e. The van der Waals surface area contributed by atoms with Crippen LogP contribution in [0.15, 0.2) is 54.9 Å². The molecule has 3 heterocycles. The molecule has 31 heavy (non-hydrogen) atoms. The SMILES string of the molecule is O=C(CN1CCCCC1=O)N1CCN(N(C(=O)c2ccccc2)c2ccncc2)CC1. The fraction of sp³-hybridized carbons (Fsp3) is 0.391. The number of hydrazine groups is 1. The molecule has 3 amide bonds. The number of piperidine rings is 1. The zero-order valence-electron chi connectivity index (χ0n) is 17.5. The zero-order chi connectivity index (χ0) is 21.6. The van der Waals surface area contributed by atoms with Crippen molar-refractivity contribution in [1.29, 1.82) is 0 Å². The molecule has 0 unspecified atom stereocenters. The number of anilines is 1. The minimum atomic E-state index is -0.120. The molecule has 2 fully saturated rings. The van der Waals surface area contributed by atoms with Crippen molar-refractivity contribution in [2.24, 2.45) is 0 Å². The van der Waals surface area contributed by atoms with Gasteiger partial charge in [-0.05, 0) is 37.1 Å². The summed E-state index contributed by atoms with van der Waals surface area (Å²) in [4.78, 5) is 45.6. The number of carbonyl (C=O) groups excluding carboxylic acids is 3. The van der Waals surface area contributed by atoms with Gasteiger partial charge in [-0.15, -0.1) is 0 Å². The molecule has 0 radical (unpaired) electrons. The van der Waals surface area contributed by atoms with Gasteiger partial charge in [0.15, 0.2) is 0 Å². The molecule has 8 nitrogen and oxygen atoms in total. The molecule has 1 aromatic heterocycles. The molecule has 2 aliphatic heterocycles. The Balaban J connectivity index is 1.43. The first-order valence-corrected chi connectivity index (χ1v) is 10.7. The second-order valence-corrected chi connectivity index (χ2v) is 7.80. The van der Waals surface area contributed by atoms with Gasteiger partial charge in [-0.25, -0.2) is 10.0 Å².